The van der Waals surface area contributed by atoms with Gasteiger partial charge in [-0.3, -0.25) is 5.41 Å². The fourth-order valence-corrected chi connectivity index (χ4v) is 1.95. The van der Waals surface area contributed by atoms with Gasteiger partial charge >= 0.3 is 0 Å². The van der Waals surface area contributed by atoms with Crippen LogP contribution in [0.4, 0.5) is 0 Å². The maximum atomic E-state index is 7.39. The van der Waals surface area contributed by atoms with Crippen LogP contribution in [0.1, 0.15) is 11.1 Å². The summed E-state index contributed by atoms with van der Waals surface area (Å²) in [5.41, 5.74) is 6.63. The van der Waals surface area contributed by atoms with Crippen LogP contribution in [-0.4, -0.2) is 10.8 Å². The molecule has 3 N–H and O–H groups in total. The molecule has 0 fully saturated rings. The van der Waals surface area contributed by atoms with Crippen LogP contribution in [0.2, 0.25) is 10.0 Å². The number of nitrogens with one attached hydrogen (secondary N) is 1. The van der Waals surface area contributed by atoms with E-state index in [0.29, 0.717) is 10.6 Å². The number of amidine groups is 1. The van der Waals surface area contributed by atoms with Crippen molar-refractivity contribution in [2.45, 2.75) is 6.61 Å². The Balaban J connectivity index is 2.19. The van der Waals surface area contributed by atoms with Gasteiger partial charge in [-0.1, -0.05) is 41.4 Å². The molecule has 0 aliphatic rings. The van der Waals surface area contributed by atoms with Crippen molar-refractivity contribution < 1.29 is 4.74 Å². The van der Waals surface area contributed by atoms with Gasteiger partial charge in [-0.05, 0) is 12.1 Å². The summed E-state index contributed by atoms with van der Waals surface area (Å²) in [4.78, 5) is 4.02. The van der Waals surface area contributed by atoms with E-state index in [4.69, 9.17) is 39.1 Å². The van der Waals surface area contributed by atoms with Gasteiger partial charge < -0.3 is 10.5 Å². The van der Waals surface area contributed by atoms with Gasteiger partial charge in [-0.15, -0.1) is 0 Å². The number of aromatic nitrogens is 1. The van der Waals surface area contributed by atoms with Crippen LogP contribution in [0.25, 0.3) is 0 Å². The highest BCUT2D eigenvalue weighted by Crippen LogP contribution is 2.26. The maximum Gasteiger partial charge on any atom is 0.233 e. The molecule has 0 unspecified atom stereocenters. The van der Waals surface area contributed by atoms with E-state index in [-0.39, 0.29) is 23.3 Å². The molecule has 0 aliphatic heterocycles. The molecule has 4 nitrogen and oxygen atoms in total. The Morgan fingerprint density at radius 3 is 2.68 bits per heavy atom. The molecule has 0 amide bonds. The van der Waals surface area contributed by atoms with Crippen molar-refractivity contribution in [1.29, 1.82) is 5.41 Å². The van der Waals surface area contributed by atoms with Crippen molar-refractivity contribution in [3.05, 3.63) is 57.7 Å². The zero-order valence-electron chi connectivity index (χ0n) is 9.86. The van der Waals surface area contributed by atoms with Crippen LogP contribution >= 0.6 is 23.2 Å². The first kappa shape index (κ1) is 13.6. The zero-order valence-corrected chi connectivity index (χ0v) is 11.4. The number of benzene rings is 1. The fourth-order valence-electron chi connectivity index (χ4n) is 1.49. The summed E-state index contributed by atoms with van der Waals surface area (Å²) in [5.74, 6) is 0.101. The van der Waals surface area contributed by atoms with Crippen LogP contribution in [0.5, 0.6) is 5.88 Å². The first-order chi connectivity index (χ1) is 9.09. The monoisotopic (exact) mass is 295 g/mol. The van der Waals surface area contributed by atoms with Crippen molar-refractivity contribution in [1.82, 2.24) is 4.98 Å². The molecule has 0 radical (unpaired) electrons. The summed E-state index contributed by atoms with van der Waals surface area (Å²) in [6, 6.07) is 8.90. The SMILES string of the molecule is N=C(N)c1ccnc(OCc2ccccc2Cl)c1Cl. The van der Waals surface area contributed by atoms with Gasteiger partial charge in [0.15, 0.2) is 0 Å². The van der Waals surface area contributed by atoms with Crippen LogP contribution in [0, 0.1) is 5.41 Å². The predicted molar refractivity (Wildman–Crippen MR) is 76.0 cm³/mol. The summed E-state index contributed by atoms with van der Waals surface area (Å²) in [6.07, 6.45) is 1.49. The standard InChI is InChI=1S/C13H11Cl2N3O/c14-10-4-2-1-3-8(10)7-19-13-11(15)9(12(16)17)5-6-18-13/h1-6H,7H2,(H3,16,17). The third kappa shape index (κ3) is 3.16. The van der Waals surface area contributed by atoms with Crippen LogP contribution in [0.15, 0.2) is 36.5 Å². The molecule has 1 aromatic heterocycles. The van der Waals surface area contributed by atoms with Gasteiger partial charge in [0.2, 0.25) is 5.88 Å². The van der Waals surface area contributed by atoms with E-state index in [1.54, 1.807) is 12.1 Å². The summed E-state index contributed by atoms with van der Waals surface area (Å²) in [5, 5.41) is 8.23. The van der Waals surface area contributed by atoms with Gasteiger partial charge in [-0.25, -0.2) is 4.98 Å². The smallest absolute Gasteiger partial charge is 0.233 e. The second-order valence-electron chi connectivity index (χ2n) is 3.77. The average Bonchev–Trinajstić information content (AvgIpc) is 2.39. The molecule has 0 spiro atoms. The van der Waals surface area contributed by atoms with Gasteiger partial charge in [0.25, 0.3) is 0 Å². The lowest BCUT2D eigenvalue weighted by molar-refractivity contribution is 0.294. The normalized spacial score (nSPS) is 10.2. The second kappa shape index (κ2) is 5.91. The highest BCUT2D eigenvalue weighted by Gasteiger charge is 2.11. The fraction of sp³-hybridized carbons (Fsp3) is 0.0769. The number of nitrogens with zero attached hydrogens (tertiary/aromatic N) is 1. The number of hydrogen-bond donors (Lipinski definition) is 2. The van der Waals surface area contributed by atoms with Gasteiger partial charge in [0, 0.05) is 22.3 Å². The van der Waals surface area contributed by atoms with Crippen molar-refractivity contribution in [3.8, 4) is 5.88 Å². The zero-order chi connectivity index (χ0) is 13.8. The number of rotatable bonds is 4. The average molecular weight is 296 g/mol. The molecular weight excluding hydrogens is 285 g/mol. The molecule has 2 rings (SSSR count). The van der Waals surface area contributed by atoms with E-state index in [2.05, 4.69) is 4.98 Å². The molecule has 0 saturated heterocycles. The molecule has 1 aromatic carbocycles. The minimum absolute atomic E-state index is 0.130. The Hall–Kier alpha value is -1.78. The summed E-state index contributed by atoms with van der Waals surface area (Å²) < 4.78 is 5.51. The number of halogens is 2. The van der Waals surface area contributed by atoms with Crippen molar-refractivity contribution in [2.24, 2.45) is 5.73 Å². The van der Waals surface area contributed by atoms with E-state index in [0.717, 1.165) is 5.56 Å². The topological polar surface area (TPSA) is 72.0 Å². The minimum Gasteiger partial charge on any atom is -0.472 e. The Bertz CT molecular complexity index is 617. The highest BCUT2D eigenvalue weighted by atomic mass is 35.5. The van der Waals surface area contributed by atoms with Gasteiger partial charge in [0.05, 0.1) is 0 Å². The Morgan fingerprint density at radius 2 is 2.00 bits per heavy atom. The minimum atomic E-state index is -0.130. The quantitative estimate of drug-likeness (QED) is 0.672. The number of pyridine rings is 1. The number of nitrogens with two attached hydrogens (primary N) is 1. The van der Waals surface area contributed by atoms with Crippen LogP contribution < -0.4 is 10.5 Å². The van der Waals surface area contributed by atoms with Crippen LogP contribution in [0.3, 0.4) is 0 Å². The summed E-state index contributed by atoms with van der Waals surface area (Å²) in [6.45, 7) is 0.244. The van der Waals surface area contributed by atoms with E-state index >= 15 is 0 Å². The molecule has 19 heavy (non-hydrogen) atoms. The third-order valence-corrected chi connectivity index (χ3v) is 3.20. The second-order valence-corrected chi connectivity index (χ2v) is 4.56. The van der Waals surface area contributed by atoms with Gasteiger partial charge in [0.1, 0.15) is 17.5 Å². The molecule has 6 heteroatoms. The maximum absolute atomic E-state index is 7.39. The van der Waals surface area contributed by atoms with Crippen molar-refractivity contribution in [3.63, 3.8) is 0 Å². The van der Waals surface area contributed by atoms with Gasteiger partial charge in [-0.2, -0.15) is 0 Å². The number of hydrogen-bond acceptors (Lipinski definition) is 3. The van der Waals surface area contributed by atoms with Crippen LogP contribution in [-0.2, 0) is 6.61 Å². The summed E-state index contributed by atoms with van der Waals surface area (Å²) in [7, 11) is 0. The first-order valence-electron chi connectivity index (χ1n) is 5.44. The third-order valence-electron chi connectivity index (χ3n) is 2.47. The summed E-state index contributed by atoms with van der Waals surface area (Å²) >= 11 is 12.1. The number of nitrogen functional groups attached to an aromatic ring is 1. The molecule has 2 aromatic rings. The lowest BCUT2D eigenvalue weighted by Crippen LogP contribution is -2.12. The molecule has 0 saturated carbocycles. The van der Waals surface area contributed by atoms with E-state index in [1.807, 2.05) is 18.2 Å². The lowest BCUT2D eigenvalue weighted by Gasteiger charge is -2.10. The predicted octanol–water partition coefficient (Wildman–Crippen LogP) is 3.25. The largest absolute Gasteiger partial charge is 0.472 e. The van der Waals surface area contributed by atoms with Crippen molar-refractivity contribution in [2.75, 3.05) is 0 Å². The highest BCUT2D eigenvalue weighted by molar-refractivity contribution is 6.35. The molecule has 1 heterocycles. The lowest BCUT2D eigenvalue weighted by atomic mass is 10.2. The molecule has 0 atom stereocenters. The Kier molecular flexibility index (Phi) is 4.24. The Labute approximate surface area is 120 Å². The van der Waals surface area contributed by atoms with E-state index in [9.17, 15) is 0 Å². The molecule has 98 valence electrons. The molecular formula is C13H11Cl2N3O. The molecule has 0 bridgehead atoms. The Morgan fingerprint density at radius 1 is 1.26 bits per heavy atom. The number of ether oxygens (including phenoxy) is 1. The van der Waals surface area contributed by atoms with Crippen molar-refractivity contribution >= 4 is 29.0 Å². The van der Waals surface area contributed by atoms with E-state index in [1.165, 1.54) is 6.20 Å². The van der Waals surface area contributed by atoms with E-state index < -0.39 is 0 Å². The first-order valence-corrected chi connectivity index (χ1v) is 6.20. The molecule has 0 aliphatic carbocycles.